The van der Waals surface area contributed by atoms with Gasteiger partial charge in [-0.15, -0.1) is 0 Å². The number of hydrogen-bond donors (Lipinski definition) is 3. The zero-order valence-corrected chi connectivity index (χ0v) is 17.8. The SMILES string of the molecule is C=C(C)c1ccc2c(c1)C1OC2c2ccc(C(=O)NCc3c(F)cc(C(=N)N)cc3F)cc21. The number of carbonyl (C=O) groups is 1. The standard InChI is InChI=1S/C26H21F2N3O2/c1-12(2)13-3-5-16-18(7-13)24-19-8-14(4-6-17(19)23(16)33-24)26(32)31-11-20-21(27)9-15(25(29)30)10-22(20)28/h3-10,23-24H,1,11H2,2H3,(H3,29,30)(H,31,32). The van der Waals surface area contributed by atoms with E-state index in [0.717, 1.165) is 45.5 Å². The summed E-state index contributed by atoms with van der Waals surface area (Å²) in [4.78, 5) is 12.7. The molecule has 1 amide bonds. The van der Waals surface area contributed by atoms with Crippen molar-refractivity contribution in [3.8, 4) is 0 Å². The maximum absolute atomic E-state index is 14.3. The number of halogens is 2. The molecule has 0 radical (unpaired) electrons. The number of hydrogen-bond acceptors (Lipinski definition) is 3. The molecular formula is C26H21F2N3O2. The minimum atomic E-state index is -0.870. The Balaban J connectivity index is 1.37. The molecule has 0 spiro atoms. The summed E-state index contributed by atoms with van der Waals surface area (Å²) in [7, 11) is 0. The van der Waals surface area contributed by atoms with E-state index >= 15 is 0 Å². The van der Waals surface area contributed by atoms with Gasteiger partial charge in [-0.3, -0.25) is 10.2 Å². The highest BCUT2D eigenvalue weighted by molar-refractivity contribution is 5.95. The average Bonchev–Trinajstić information content (AvgIpc) is 3.34. The van der Waals surface area contributed by atoms with Crippen molar-refractivity contribution in [2.45, 2.75) is 25.7 Å². The number of amides is 1. The first-order valence-electron chi connectivity index (χ1n) is 10.4. The summed E-state index contributed by atoms with van der Waals surface area (Å²) in [5.41, 5.74) is 11.5. The maximum atomic E-state index is 14.3. The predicted octanol–water partition coefficient (Wildman–Crippen LogP) is 4.73. The van der Waals surface area contributed by atoms with E-state index in [1.807, 2.05) is 19.1 Å². The lowest BCUT2D eigenvalue weighted by Crippen LogP contribution is -2.24. The lowest BCUT2D eigenvalue weighted by Gasteiger charge is -2.18. The Bertz CT molecular complexity index is 1340. The van der Waals surface area contributed by atoms with Gasteiger partial charge in [0, 0.05) is 23.2 Å². The molecule has 4 N–H and O–H groups in total. The van der Waals surface area contributed by atoms with Crippen LogP contribution in [0.1, 0.15) is 68.4 Å². The van der Waals surface area contributed by atoms with Crippen LogP contribution in [0.2, 0.25) is 0 Å². The molecule has 0 aromatic heterocycles. The zero-order chi connectivity index (χ0) is 23.4. The summed E-state index contributed by atoms with van der Waals surface area (Å²) in [5, 5.41) is 9.88. The van der Waals surface area contributed by atoms with E-state index in [4.69, 9.17) is 15.9 Å². The molecule has 2 atom stereocenters. The number of ether oxygens (including phenoxy) is 1. The molecule has 3 aromatic carbocycles. The van der Waals surface area contributed by atoms with Crippen molar-refractivity contribution in [2.75, 3.05) is 0 Å². The van der Waals surface area contributed by atoms with Gasteiger partial charge in [-0.2, -0.15) is 0 Å². The minimum absolute atomic E-state index is 0.0520. The summed E-state index contributed by atoms with van der Waals surface area (Å²) >= 11 is 0. The first-order chi connectivity index (χ1) is 15.7. The van der Waals surface area contributed by atoms with E-state index in [0.29, 0.717) is 5.56 Å². The van der Waals surface area contributed by atoms with E-state index in [1.165, 1.54) is 0 Å². The molecule has 33 heavy (non-hydrogen) atoms. The second kappa shape index (κ2) is 7.64. The lowest BCUT2D eigenvalue weighted by molar-refractivity contribution is 0.0857. The molecule has 5 nitrogen and oxygen atoms in total. The van der Waals surface area contributed by atoms with Gasteiger partial charge >= 0.3 is 0 Å². The van der Waals surface area contributed by atoms with Gasteiger partial charge in [-0.1, -0.05) is 30.4 Å². The molecule has 2 aliphatic rings. The van der Waals surface area contributed by atoms with E-state index in [9.17, 15) is 13.6 Å². The van der Waals surface area contributed by atoms with Gasteiger partial charge in [-0.25, -0.2) is 8.78 Å². The van der Waals surface area contributed by atoms with Crippen LogP contribution in [-0.2, 0) is 11.3 Å². The van der Waals surface area contributed by atoms with E-state index in [-0.39, 0.29) is 29.9 Å². The fraction of sp³-hybridized carbons (Fsp3) is 0.154. The Morgan fingerprint density at radius 2 is 1.52 bits per heavy atom. The Kier molecular flexibility index (Phi) is 4.87. The molecule has 0 saturated heterocycles. The highest BCUT2D eigenvalue weighted by Crippen LogP contribution is 2.54. The van der Waals surface area contributed by atoms with Gasteiger partial charge in [0.25, 0.3) is 5.91 Å². The van der Waals surface area contributed by atoms with E-state index < -0.39 is 23.4 Å². The highest BCUT2D eigenvalue weighted by atomic mass is 19.1. The molecule has 3 aromatic rings. The molecule has 0 saturated carbocycles. The molecule has 2 aliphatic heterocycles. The third-order valence-corrected chi connectivity index (χ3v) is 6.21. The number of carbonyl (C=O) groups excluding carboxylic acids is 1. The third kappa shape index (κ3) is 3.41. The summed E-state index contributed by atoms with van der Waals surface area (Å²) < 4.78 is 34.7. The predicted molar refractivity (Wildman–Crippen MR) is 121 cm³/mol. The maximum Gasteiger partial charge on any atom is 0.251 e. The number of nitrogens with one attached hydrogen (secondary N) is 2. The Hall–Kier alpha value is -3.84. The van der Waals surface area contributed by atoms with Crippen molar-refractivity contribution in [1.29, 1.82) is 5.41 Å². The second-order valence-corrected chi connectivity index (χ2v) is 8.38. The number of allylic oxidation sites excluding steroid dienone is 1. The largest absolute Gasteiger partial charge is 0.384 e. The van der Waals surface area contributed by atoms with Gasteiger partial charge in [0.1, 0.15) is 29.7 Å². The highest BCUT2D eigenvalue weighted by Gasteiger charge is 2.43. The summed E-state index contributed by atoms with van der Waals surface area (Å²) in [6.07, 6.45) is -0.430. The molecule has 2 unspecified atom stereocenters. The van der Waals surface area contributed by atoms with Crippen molar-refractivity contribution < 1.29 is 18.3 Å². The van der Waals surface area contributed by atoms with Crippen LogP contribution in [-0.4, -0.2) is 11.7 Å². The Morgan fingerprint density at radius 3 is 2.09 bits per heavy atom. The van der Waals surface area contributed by atoms with Crippen molar-refractivity contribution in [3.05, 3.63) is 111 Å². The van der Waals surface area contributed by atoms with Crippen LogP contribution in [0, 0.1) is 17.0 Å². The number of nitrogen functional groups attached to an aromatic ring is 1. The van der Waals surface area contributed by atoms with Crippen LogP contribution < -0.4 is 11.1 Å². The average molecular weight is 445 g/mol. The number of amidine groups is 1. The van der Waals surface area contributed by atoms with Crippen molar-refractivity contribution >= 4 is 17.3 Å². The fourth-order valence-electron chi connectivity index (χ4n) is 4.45. The van der Waals surface area contributed by atoms with Gasteiger partial charge in [0.2, 0.25) is 0 Å². The van der Waals surface area contributed by atoms with Crippen LogP contribution in [0.4, 0.5) is 8.78 Å². The summed E-state index contributed by atoms with van der Waals surface area (Å²) in [5.74, 6) is -2.63. The Labute approximate surface area is 189 Å². The van der Waals surface area contributed by atoms with Gasteiger partial charge in [0.15, 0.2) is 0 Å². The molecule has 2 heterocycles. The topological polar surface area (TPSA) is 88.2 Å². The lowest BCUT2D eigenvalue weighted by atomic mass is 9.84. The zero-order valence-electron chi connectivity index (χ0n) is 17.8. The van der Waals surface area contributed by atoms with Crippen LogP contribution in [0.25, 0.3) is 5.57 Å². The third-order valence-electron chi connectivity index (χ3n) is 6.21. The second-order valence-electron chi connectivity index (χ2n) is 8.38. The summed E-state index contributed by atoms with van der Waals surface area (Å²) in [6.45, 7) is 5.62. The van der Waals surface area contributed by atoms with Crippen LogP contribution in [0.15, 0.2) is 55.1 Å². The molecule has 0 aliphatic carbocycles. The van der Waals surface area contributed by atoms with E-state index in [2.05, 4.69) is 24.0 Å². The number of rotatable bonds is 5. The van der Waals surface area contributed by atoms with Crippen LogP contribution in [0.5, 0.6) is 0 Å². The number of fused-ring (bicyclic) bond motifs is 8. The van der Waals surface area contributed by atoms with Gasteiger partial charge < -0.3 is 15.8 Å². The smallest absolute Gasteiger partial charge is 0.251 e. The molecule has 5 rings (SSSR count). The minimum Gasteiger partial charge on any atom is -0.384 e. The number of benzene rings is 3. The monoisotopic (exact) mass is 445 g/mol. The summed E-state index contributed by atoms with van der Waals surface area (Å²) in [6, 6.07) is 13.5. The normalized spacial score (nSPS) is 17.4. The molecule has 2 bridgehead atoms. The van der Waals surface area contributed by atoms with Gasteiger partial charge in [-0.05, 0) is 65.1 Å². The first kappa shape index (κ1) is 21.0. The van der Waals surface area contributed by atoms with Crippen molar-refractivity contribution in [3.63, 3.8) is 0 Å². The van der Waals surface area contributed by atoms with Crippen LogP contribution >= 0.6 is 0 Å². The molecule has 166 valence electrons. The number of nitrogens with two attached hydrogens (primary N) is 1. The molecule has 0 fully saturated rings. The van der Waals surface area contributed by atoms with Gasteiger partial charge in [0.05, 0.1) is 0 Å². The quantitative estimate of drug-likeness (QED) is 0.392. The van der Waals surface area contributed by atoms with Crippen molar-refractivity contribution in [2.24, 2.45) is 5.73 Å². The van der Waals surface area contributed by atoms with E-state index in [1.54, 1.807) is 12.1 Å². The Morgan fingerprint density at radius 1 is 0.970 bits per heavy atom. The van der Waals surface area contributed by atoms with Crippen LogP contribution in [0.3, 0.4) is 0 Å². The molecular weight excluding hydrogens is 424 g/mol. The molecule has 7 heteroatoms. The first-order valence-corrected chi connectivity index (χ1v) is 10.4. The van der Waals surface area contributed by atoms with Crippen molar-refractivity contribution in [1.82, 2.24) is 5.32 Å². The fourth-order valence-corrected chi connectivity index (χ4v) is 4.45.